The second kappa shape index (κ2) is 5.19. The van der Waals surface area contributed by atoms with Crippen molar-refractivity contribution in [2.75, 3.05) is 0 Å². The molecule has 15 heavy (non-hydrogen) atoms. The lowest BCUT2D eigenvalue weighted by Gasteiger charge is -2.38. The van der Waals surface area contributed by atoms with Gasteiger partial charge in [0.1, 0.15) is 10.5 Å². The van der Waals surface area contributed by atoms with Crippen LogP contribution in [0.3, 0.4) is 0 Å². The van der Waals surface area contributed by atoms with Gasteiger partial charge in [-0.25, -0.2) is 0 Å². The molecule has 0 aromatic carbocycles. The first-order valence-electron chi connectivity index (χ1n) is 4.65. The first-order chi connectivity index (χ1) is 6.55. The standard InChI is InChI=1S/C8H17Cl2NO3S/c1-5-6(2)8(4,10)11(7(3)9)15(12,13)14/h6-7H,5H2,1-4H3,(H,12,13,14). The van der Waals surface area contributed by atoms with Gasteiger partial charge in [0.2, 0.25) is 0 Å². The first-order valence-corrected chi connectivity index (χ1v) is 6.86. The highest BCUT2D eigenvalue weighted by Gasteiger charge is 2.43. The molecule has 92 valence electrons. The van der Waals surface area contributed by atoms with Gasteiger partial charge in [-0.05, 0) is 19.8 Å². The van der Waals surface area contributed by atoms with E-state index in [1.807, 2.05) is 6.92 Å². The van der Waals surface area contributed by atoms with Crippen LogP contribution in [0.5, 0.6) is 0 Å². The summed E-state index contributed by atoms with van der Waals surface area (Å²) in [4.78, 5) is -1.23. The Bertz CT molecular complexity index is 303. The van der Waals surface area contributed by atoms with Crippen LogP contribution in [0.2, 0.25) is 0 Å². The molecule has 4 nitrogen and oxygen atoms in total. The van der Waals surface area contributed by atoms with E-state index in [0.717, 1.165) is 0 Å². The third-order valence-corrected chi connectivity index (χ3v) is 4.67. The highest BCUT2D eigenvalue weighted by atomic mass is 35.5. The molecule has 0 fully saturated rings. The van der Waals surface area contributed by atoms with Gasteiger partial charge in [-0.15, -0.1) is 27.5 Å². The second-order valence-corrected chi connectivity index (χ2v) is 6.37. The van der Waals surface area contributed by atoms with Crippen LogP contribution < -0.4 is 0 Å². The van der Waals surface area contributed by atoms with Gasteiger partial charge < -0.3 is 0 Å². The Morgan fingerprint density at radius 2 is 1.87 bits per heavy atom. The van der Waals surface area contributed by atoms with Crippen molar-refractivity contribution in [1.82, 2.24) is 4.31 Å². The molecule has 0 aromatic heterocycles. The average molecular weight is 278 g/mol. The minimum atomic E-state index is -4.41. The number of nitrogens with zero attached hydrogens (tertiary/aromatic N) is 1. The third-order valence-electron chi connectivity index (χ3n) is 2.51. The summed E-state index contributed by atoms with van der Waals surface area (Å²) in [5.41, 5.74) is -0.906. The number of hydrogen-bond donors (Lipinski definition) is 1. The van der Waals surface area contributed by atoms with Crippen molar-refractivity contribution in [3.05, 3.63) is 0 Å². The van der Waals surface area contributed by atoms with Crippen LogP contribution in [0.4, 0.5) is 0 Å². The molecule has 0 saturated heterocycles. The maximum Gasteiger partial charge on any atom is 0.338 e. The molecular weight excluding hydrogens is 261 g/mol. The van der Waals surface area contributed by atoms with E-state index in [1.54, 1.807) is 6.92 Å². The third kappa shape index (κ3) is 3.75. The summed E-state index contributed by atoms with van der Waals surface area (Å²) in [5.74, 6) is -0.137. The van der Waals surface area contributed by atoms with E-state index in [0.29, 0.717) is 10.7 Å². The zero-order valence-corrected chi connectivity index (χ0v) is 11.6. The van der Waals surface area contributed by atoms with Gasteiger partial charge in [-0.2, -0.15) is 8.42 Å². The monoisotopic (exact) mass is 277 g/mol. The number of rotatable bonds is 5. The molecule has 0 radical (unpaired) electrons. The normalized spacial score (nSPS) is 21.1. The molecule has 1 N–H and O–H groups in total. The van der Waals surface area contributed by atoms with Gasteiger partial charge in [-0.3, -0.25) is 4.55 Å². The quantitative estimate of drug-likeness (QED) is 0.478. The van der Waals surface area contributed by atoms with Gasteiger partial charge in [0.15, 0.2) is 0 Å². The molecule has 0 aromatic rings. The summed E-state index contributed by atoms with van der Waals surface area (Å²) in [7, 11) is -4.41. The summed E-state index contributed by atoms with van der Waals surface area (Å²) < 4.78 is 32.1. The lowest BCUT2D eigenvalue weighted by Crippen LogP contribution is -2.52. The Hall–Kier alpha value is 0.450. The van der Waals surface area contributed by atoms with Gasteiger partial charge in [0.05, 0.1) is 0 Å². The summed E-state index contributed by atoms with van der Waals surface area (Å²) in [6.45, 7) is 6.64. The van der Waals surface area contributed by atoms with Crippen LogP contribution in [0.15, 0.2) is 0 Å². The zero-order chi connectivity index (χ0) is 12.4. The van der Waals surface area contributed by atoms with Crippen molar-refractivity contribution in [2.24, 2.45) is 5.92 Å². The SMILES string of the molecule is CCC(C)C(C)(Cl)N(C(C)Cl)S(=O)(=O)O. The highest BCUT2D eigenvalue weighted by molar-refractivity contribution is 7.83. The summed E-state index contributed by atoms with van der Waals surface area (Å²) in [6, 6.07) is 0. The molecule has 0 amide bonds. The topological polar surface area (TPSA) is 57.6 Å². The molecule has 0 aliphatic heterocycles. The predicted molar refractivity (Wildman–Crippen MR) is 62.4 cm³/mol. The summed E-state index contributed by atoms with van der Waals surface area (Å²) >= 11 is 11.9. The smallest absolute Gasteiger partial charge is 0.273 e. The van der Waals surface area contributed by atoms with Crippen LogP contribution in [0.1, 0.15) is 34.1 Å². The molecule has 0 spiro atoms. The Kier molecular flexibility index (Phi) is 5.34. The Morgan fingerprint density at radius 3 is 2.07 bits per heavy atom. The minimum absolute atomic E-state index is 0.137. The predicted octanol–water partition coefficient (Wildman–Crippen LogP) is 2.68. The fraction of sp³-hybridized carbons (Fsp3) is 1.00. The van der Waals surface area contributed by atoms with Gasteiger partial charge in [-0.1, -0.05) is 20.3 Å². The van der Waals surface area contributed by atoms with E-state index in [9.17, 15) is 8.42 Å². The Labute approximate surface area is 101 Å². The second-order valence-electron chi connectivity index (χ2n) is 3.68. The molecule has 0 rings (SSSR count). The lowest BCUT2D eigenvalue weighted by molar-refractivity contribution is 0.193. The van der Waals surface area contributed by atoms with E-state index in [2.05, 4.69) is 0 Å². The maximum atomic E-state index is 11.2. The summed E-state index contributed by atoms with van der Waals surface area (Å²) in [5, 5.41) is 0. The zero-order valence-electron chi connectivity index (χ0n) is 9.24. The lowest BCUT2D eigenvalue weighted by atomic mass is 10.0. The van der Waals surface area contributed by atoms with Crippen molar-refractivity contribution in [3.63, 3.8) is 0 Å². The van der Waals surface area contributed by atoms with E-state index in [1.165, 1.54) is 13.8 Å². The van der Waals surface area contributed by atoms with Crippen LogP contribution in [-0.4, -0.2) is 27.8 Å². The Morgan fingerprint density at radius 1 is 1.47 bits per heavy atom. The van der Waals surface area contributed by atoms with Crippen molar-refractivity contribution >= 4 is 33.5 Å². The Balaban J connectivity index is 5.27. The minimum Gasteiger partial charge on any atom is -0.273 e. The fourth-order valence-electron chi connectivity index (χ4n) is 1.35. The van der Waals surface area contributed by atoms with Crippen molar-refractivity contribution in [1.29, 1.82) is 0 Å². The maximum absolute atomic E-state index is 11.2. The summed E-state index contributed by atoms with van der Waals surface area (Å²) in [6.07, 6.45) is 0.676. The highest BCUT2D eigenvalue weighted by Crippen LogP contribution is 2.35. The molecule has 0 saturated carbocycles. The molecule has 0 aliphatic carbocycles. The van der Waals surface area contributed by atoms with Crippen LogP contribution >= 0.6 is 23.2 Å². The fourth-order valence-corrected chi connectivity index (χ4v) is 3.46. The first kappa shape index (κ1) is 15.4. The van der Waals surface area contributed by atoms with E-state index in [-0.39, 0.29) is 5.92 Å². The van der Waals surface area contributed by atoms with E-state index < -0.39 is 20.8 Å². The van der Waals surface area contributed by atoms with Gasteiger partial charge >= 0.3 is 10.3 Å². The molecule has 7 heteroatoms. The molecule has 0 bridgehead atoms. The molecular formula is C8H17Cl2NO3S. The van der Waals surface area contributed by atoms with Gasteiger partial charge in [0, 0.05) is 0 Å². The van der Waals surface area contributed by atoms with Crippen molar-refractivity contribution < 1.29 is 13.0 Å². The number of alkyl halides is 2. The van der Waals surface area contributed by atoms with Crippen molar-refractivity contribution in [2.45, 2.75) is 44.6 Å². The number of halogens is 2. The molecule has 3 atom stereocenters. The van der Waals surface area contributed by atoms with E-state index in [4.69, 9.17) is 27.8 Å². The largest absolute Gasteiger partial charge is 0.338 e. The van der Waals surface area contributed by atoms with Crippen LogP contribution in [0.25, 0.3) is 0 Å². The molecule has 3 unspecified atom stereocenters. The number of hydrogen-bond acceptors (Lipinski definition) is 2. The molecule has 0 aliphatic rings. The van der Waals surface area contributed by atoms with Crippen molar-refractivity contribution in [3.8, 4) is 0 Å². The average Bonchev–Trinajstić information content (AvgIpc) is 1.98. The molecule has 0 heterocycles. The van der Waals surface area contributed by atoms with Crippen LogP contribution in [0, 0.1) is 5.92 Å². The van der Waals surface area contributed by atoms with Crippen LogP contribution in [-0.2, 0) is 10.3 Å². The van der Waals surface area contributed by atoms with Gasteiger partial charge in [0.25, 0.3) is 0 Å². The van der Waals surface area contributed by atoms with E-state index >= 15 is 0 Å².